The summed E-state index contributed by atoms with van der Waals surface area (Å²) in [6.45, 7) is 4.75. The molecule has 1 aromatic heterocycles. The van der Waals surface area contributed by atoms with Crippen LogP contribution in [0, 0.1) is 5.82 Å². The van der Waals surface area contributed by atoms with E-state index in [9.17, 15) is 4.39 Å². The van der Waals surface area contributed by atoms with E-state index in [-0.39, 0.29) is 5.82 Å². The average molecular weight is 314 g/mol. The van der Waals surface area contributed by atoms with E-state index in [1.165, 1.54) is 12.1 Å². The second kappa shape index (κ2) is 4.51. The van der Waals surface area contributed by atoms with Crippen LogP contribution in [-0.2, 0) is 0 Å². The third kappa shape index (κ3) is 1.99. The highest BCUT2D eigenvalue weighted by atomic mass is 79.9. The van der Waals surface area contributed by atoms with E-state index in [0.717, 1.165) is 19.6 Å². The van der Waals surface area contributed by atoms with Crippen LogP contribution in [0.15, 0.2) is 21.0 Å². The summed E-state index contributed by atoms with van der Waals surface area (Å²) in [4.78, 5) is 6.47. The maximum absolute atomic E-state index is 13.3. The molecule has 2 heterocycles. The number of aromatic nitrogens is 1. The molecule has 1 saturated heterocycles. The molecule has 1 aromatic carbocycles. The highest BCUT2D eigenvalue weighted by Crippen LogP contribution is 2.30. The van der Waals surface area contributed by atoms with Crippen molar-refractivity contribution < 1.29 is 8.81 Å². The smallest absolute Gasteiger partial charge is 0.298 e. The highest BCUT2D eigenvalue weighted by molar-refractivity contribution is 9.10. The summed E-state index contributed by atoms with van der Waals surface area (Å²) in [5.74, 6) is -0.317. The zero-order valence-corrected chi connectivity index (χ0v) is 11.5. The fourth-order valence-electron chi connectivity index (χ4n) is 2.20. The molecule has 96 valence electrons. The minimum Gasteiger partial charge on any atom is -0.422 e. The van der Waals surface area contributed by atoms with Crippen LogP contribution in [0.25, 0.3) is 11.1 Å². The summed E-state index contributed by atoms with van der Waals surface area (Å²) in [6.07, 6.45) is 0. The van der Waals surface area contributed by atoms with E-state index in [1.54, 1.807) is 0 Å². The number of nitrogens with zero attached hydrogens (tertiary/aromatic N) is 2. The second-order valence-electron chi connectivity index (χ2n) is 4.48. The number of anilines is 1. The van der Waals surface area contributed by atoms with E-state index in [4.69, 9.17) is 4.42 Å². The first-order valence-corrected chi connectivity index (χ1v) is 6.67. The van der Waals surface area contributed by atoms with Gasteiger partial charge in [-0.3, -0.25) is 0 Å². The maximum Gasteiger partial charge on any atom is 0.298 e. The number of benzene rings is 1. The van der Waals surface area contributed by atoms with Crippen LogP contribution in [-0.4, -0.2) is 30.7 Å². The van der Waals surface area contributed by atoms with Crippen molar-refractivity contribution in [3.8, 4) is 0 Å². The molecule has 1 aliphatic rings. The molecule has 1 aliphatic heterocycles. The lowest BCUT2D eigenvalue weighted by atomic mass is 10.2. The lowest BCUT2D eigenvalue weighted by Gasteiger charge is -2.32. The number of oxazole rings is 1. The summed E-state index contributed by atoms with van der Waals surface area (Å²) < 4.78 is 19.6. The van der Waals surface area contributed by atoms with Crippen molar-refractivity contribution >= 4 is 33.0 Å². The number of halogens is 2. The predicted molar refractivity (Wildman–Crippen MR) is 71.3 cm³/mol. The normalized spacial score (nSPS) is 20.6. The van der Waals surface area contributed by atoms with Gasteiger partial charge < -0.3 is 14.6 Å². The van der Waals surface area contributed by atoms with E-state index in [0.29, 0.717) is 27.6 Å². The van der Waals surface area contributed by atoms with Gasteiger partial charge in [0.25, 0.3) is 6.01 Å². The Bertz CT molecular complexity index is 586. The Balaban J connectivity index is 2.05. The van der Waals surface area contributed by atoms with Crippen LogP contribution < -0.4 is 10.2 Å². The molecule has 1 N–H and O–H groups in total. The van der Waals surface area contributed by atoms with E-state index < -0.39 is 0 Å². The quantitative estimate of drug-likeness (QED) is 0.878. The average Bonchev–Trinajstić information content (AvgIpc) is 2.73. The molecule has 0 bridgehead atoms. The molecule has 2 aromatic rings. The van der Waals surface area contributed by atoms with Crippen molar-refractivity contribution in [2.45, 2.75) is 13.0 Å². The number of hydrogen-bond acceptors (Lipinski definition) is 4. The molecule has 18 heavy (non-hydrogen) atoms. The maximum atomic E-state index is 13.3. The van der Waals surface area contributed by atoms with Gasteiger partial charge in [0.1, 0.15) is 11.3 Å². The van der Waals surface area contributed by atoms with Gasteiger partial charge in [-0.05, 0) is 28.9 Å². The predicted octanol–water partition coefficient (Wildman–Crippen LogP) is 2.53. The van der Waals surface area contributed by atoms with Crippen molar-refractivity contribution in [1.29, 1.82) is 0 Å². The highest BCUT2D eigenvalue weighted by Gasteiger charge is 2.23. The minimum absolute atomic E-state index is 0.315. The van der Waals surface area contributed by atoms with Crippen molar-refractivity contribution in [2.24, 2.45) is 0 Å². The Labute approximate surface area is 112 Å². The topological polar surface area (TPSA) is 41.3 Å². The number of fused-ring (bicyclic) bond motifs is 1. The van der Waals surface area contributed by atoms with Crippen LogP contribution in [0.1, 0.15) is 6.92 Å². The molecule has 1 fully saturated rings. The molecule has 4 nitrogen and oxygen atoms in total. The van der Waals surface area contributed by atoms with Gasteiger partial charge in [0, 0.05) is 31.7 Å². The Morgan fingerprint density at radius 2 is 2.39 bits per heavy atom. The van der Waals surface area contributed by atoms with Gasteiger partial charge in [-0.2, -0.15) is 4.98 Å². The summed E-state index contributed by atoms with van der Waals surface area (Å²) in [5, 5.41) is 3.31. The van der Waals surface area contributed by atoms with E-state index >= 15 is 0 Å². The summed E-state index contributed by atoms with van der Waals surface area (Å²) in [6, 6.07) is 3.65. The molecule has 0 spiro atoms. The molecular weight excluding hydrogens is 301 g/mol. The SMILES string of the molecule is CC1CNCCN1c1nc2cc(F)cc(Br)c2o1. The van der Waals surface area contributed by atoms with Gasteiger partial charge in [0.15, 0.2) is 5.58 Å². The third-order valence-electron chi connectivity index (χ3n) is 3.15. The molecule has 1 atom stereocenters. The van der Waals surface area contributed by atoms with Gasteiger partial charge >= 0.3 is 0 Å². The Hall–Kier alpha value is -1.14. The number of rotatable bonds is 1. The Kier molecular flexibility index (Phi) is 2.99. The lowest BCUT2D eigenvalue weighted by molar-refractivity contribution is 0.456. The monoisotopic (exact) mass is 313 g/mol. The summed E-state index contributed by atoms with van der Waals surface area (Å²) >= 11 is 3.30. The van der Waals surface area contributed by atoms with Gasteiger partial charge in [-0.1, -0.05) is 0 Å². The van der Waals surface area contributed by atoms with Crippen molar-refractivity contribution in [3.05, 3.63) is 22.4 Å². The minimum atomic E-state index is -0.317. The first-order chi connectivity index (χ1) is 8.65. The van der Waals surface area contributed by atoms with E-state index in [2.05, 4.69) is 38.1 Å². The van der Waals surface area contributed by atoms with Gasteiger partial charge in [0.05, 0.1) is 4.47 Å². The summed E-state index contributed by atoms with van der Waals surface area (Å²) in [5.41, 5.74) is 1.14. The first kappa shape index (κ1) is 11.9. The van der Waals surface area contributed by atoms with Crippen molar-refractivity contribution in [3.63, 3.8) is 0 Å². The van der Waals surface area contributed by atoms with Crippen LogP contribution in [0.3, 0.4) is 0 Å². The van der Waals surface area contributed by atoms with E-state index in [1.807, 2.05) is 0 Å². The Morgan fingerprint density at radius 3 is 3.17 bits per heavy atom. The Morgan fingerprint density at radius 1 is 1.56 bits per heavy atom. The fourth-order valence-corrected chi connectivity index (χ4v) is 2.70. The largest absolute Gasteiger partial charge is 0.422 e. The molecular formula is C12H13BrFN3O. The zero-order valence-electron chi connectivity index (χ0n) is 9.91. The number of nitrogens with one attached hydrogen (secondary N) is 1. The first-order valence-electron chi connectivity index (χ1n) is 5.88. The molecule has 6 heteroatoms. The standard InChI is InChI=1S/C12H13BrFN3O/c1-7-6-15-2-3-17(7)12-16-10-5-8(14)4-9(13)11(10)18-12/h4-5,7,15H,2-3,6H2,1H3. The number of hydrogen-bond donors (Lipinski definition) is 1. The van der Waals surface area contributed by atoms with Crippen LogP contribution in [0.4, 0.5) is 10.4 Å². The lowest BCUT2D eigenvalue weighted by Crippen LogP contribution is -2.50. The second-order valence-corrected chi connectivity index (χ2v) is 5.33. The molecule has 0 radical (unpaired) electrons. The molecule has 0 aliphatic carbocycles. The van der Waals surface area contributed by atoms with Gasteiger partial charge in [0.2, 0.25) is 0 Å². The van der Waals surface area contributed by atoms with Gasteiger partial charge in [-0.25, -0.2) is 4.39 Å². The zero-order chi connectivity index (χ0) is 12.7. The van der Waals surface area contributed by atoms with Crippen LogP contribution in [0.2, 0.25) is 0 Å². The molecule has 1 unspecified atom stereocenters. The molecule has 3 rings (SSSR count). The van der Waals surface area contributed by atoms with Gasteiger partial charge in [-0.15, -0.1) is 0 Å². The summed E-state index contributed by atoms with van der Waals surface area (Å²) in [7, 11) is 0. The molecule has 0 amide bonds. The molecule has 0 saturated carbocycles. The van der Waals surface area contributed by atoms with Crippen molar-refractivity contribution in [2.75, 3.05) is 24.5 Å². The fraction of sp³-hybridized carbons (Fsp3) is 0.417. The third-order valence-corrected chi connectivity index (χ3v) is 3.73. The van der Waals surface area contributed by atoms with Crippen LogP contribution in [0.5, 0.6) is 0 Å². The van der Waals surface area contributed by atoms with Crippen molar-refractivity contribution in [1.82, 2.24) is 10.3 Å². The number of piperazine rings is 1. The van der Waals surface area contributed by atoms with Crippen LogP contribution >= 0.6 is 15.9 Å².